The molecule has 0 aliphatic heterocycles. The monoisotopic (exact) mass is 275 g/mol. The third-order valence-corrected chi connectivity index (χ3v) is 3.60. The van der Waals surface area contributed by atoms with Gasteiger partial charge < -0.3 is 5.73 Å². The van der Waals surface area contributed by atoms with Gasteiger partial charge in [0.15, 0.2) is 5.67 Å². The summed E-state index contributed by atoms with van der Waals surface area (Å²) in [6, 6.07) is -0.0258. The molecule has 2 unspecified atom stereocenters. The standard InChI is InChI=1S/C10H15BrFN3/c1-2-15-9(8(11)6-14-15)10(12)4-3-7(13)5-10/h6-7H,2-5,13H2,1H3. The molecule has 0 radical (unpaired) electrons. The fourth-order valence-electron chi connectivity index (χ4n) is 2.30. The number of alkyl halides is 1. The molecule has 0 bridgehead atoms. The molecule has 1 aromatic rings. The third kappa shape index (κ3) is 1.83. The van der Waals surface area contributed by atoms with E-state index in [-0.39, 0.29) is 6.04 Å². The lowest BCUT2D eigenvalue weighted by Crippen LogP contribution is -2.25. The van der Waals surface area contributed by atoms with Gasteiger partial charge >= 0.3 is 0 Å². The van der Waals surface area contributed by atoms with Gasteiger partial charge in [-0.25, -0.2) is 4.39 Å². The molecule has 1 fully saturated rings. The molecule has 0 spiro atoms. The van der Waals surface area contributed by atoms with Crippen LogP contribution in [0.3, 0.4) is 0 Å². The average Bonchev–Trinajstić information content (AvgIpc) is 2.71. The number of aromatic nitrogens is 2. The van der Waals surface area contributed by atoms with E-state index in [9.17, 15) is 4.39 Å². The van der Waals surface area contributed by atoms with Crippen molar-refractivity contribution in [3.8, 4) is 0 Å². The summed E-state index contributed by atoms with van der Waals surface area (Å²) in [4.78, 5) is 0. The second-order valence-corrected chi connectivity index (χ2v) is 4.98. The van der Waals surface area contributed by atoms with Crippen LogP contribution in [0, 0.1) is 0 Å². The number of halogens is 2. The molecular weight excluding hydrogens is 261 g/mol. The van der Waals surface area contributed by atoms with E-state index in [0.29, 0.717) is 25.1 Å². The Morgan fingerprint density at radius 1 is 1.80 bits per heavy atom. The van der Waals surface area contributed by atoms with Gasteiger partial charge in [0.1, 0.15) is 0 Å². The van der Waals surface area contributed by atoms with Crippen molar-refractivity contribution in [2.75, 3.05) is 0 Å². The van der Waals surface area contributed by atoms with Gasteiger partial charge in [0, 0.05) is 19.0 Å². The molecule has 5 heteroatoms. The van der Waals surface area contributed by atoms with Crippen LogP contribution >= 0.6 is 15.9 Å². The molecule has 2 rings (SSSR count). The maximum Gasteiger partial charge on any atom is 0.155 e. The van der Waals surface area contributed by atoms with Crippen molar-refractivity contribution in [1.29, 1.82) is 0 Å². The number of aryl methyl sites for hydroxylation is 1. The molecule has 3 nitrogen and oxygen atoms in total. The largest absolute Gasteiger partial charge is 0.328 e. The maximum atomic E-state index is 14.7. The lowest BCUT2D eigenvalue weighted by atomic mass is 10.00. The molecule has 1 aromatic heterocycles. The van der Waals surface area contributed by atoms with Crippen LogP contribution in [0.5, 0.6) is 0 Å². The van der Waals surface area contributed by atoms with E-state index in [4.69, 9.17) is 5.73 Å². The summed E-state index contributed by atoms with van der Waals surface area (Å²) in [6.07, 6.45) is 3.30. The minimum Gasteiger partial charge on any atom is -0.328 e. The van der Waals surface area contributed by atoms with Gasteiger partial charge in [-0.2, -0.15) is 5.10 Å². The van der Waals surface area contributed by atoms with Crippen LogP contribution in [0.1, 0.15) is 31.9 Å². The molecular formula is C10H15BrFN3. The summed E-state index contributed by atoms with van der Waals surface area (Å²) in [5.41, 5.74) is 5.12. The molecule has 0 aromatic carbocycles. The smallest absolute Gasteiger partial charge is 0.155 e. The number of hydrogen-bond donors (Lipinski definition) is 1. The van der Waals surface area contributed by atoms with E-state index in [0.717, 1.165) is 10.9 Å². The van der Waals surface area contributed by atoms with Crippen LogP contribution in [0.25, 0.3) is 0 Å². The summed E-state index contributed by atoms with van der Waals surface area (Å²) in [7, 11) is 0. The first-order valence-electron chi connectivity index (χ1n) is 5.23. The van der Waals surface area contributed by atoms with Gasteiger partial charge in [0.25, 0.3) is 0 Å². The van der Waals surface area contributed by atoms with Crippen LogP contribution in [0.15, 0.2) is 10.7 Å². The second kappa shape index (κ2) is 3.87. The Kier molecular flexibility index (Phi) is 2.85. The van der Waals surface area contributed by atoms with Gasteiger partial charge in [0.2, 0.25) is 0 Å². The zero-order valence-electron chi connectivity index (χ0n) is 8.71. The molecule has 1 aliphatic carbocycles. The van der Waals surface area contributed by atoms with Crippen molar-refractivity contribution in [2.24, 2.45) is 5.73 Å². The Balaban J connectivity index is 2.39. The summed E-state index contributed by atoms with van der Waals surface area (Å²) in [5.74, 6) is 0. The molecule has 1 saturated carbocycles. The van der Waals surface area contributed by atoms with E-state index in [1.165, 1.54) is 0 Å². The minimum absolute atomic E-state index is 0.0258. The molecule has 15 heavy (non-hydrogen) atoms. The number of nitrogens with two attached hydrogens (primary N) is 1. The van der Waals surface area contributed by atoms with E-state index < -0.39 is 5.67 Å². The molecule has 0 amide bonds. The quantitative estimate of drug-likeness (QED) is 0.901. The van der Waals surface area contributed by atoms with E-state index >= 15 is 0 Å². The van der Waals surface area contributed by atoms with Crippen LogP contribution in [0.4, 0.5) is 4.39 Å². The fraction of sp³-hybridized carbons (Fsp3) is 0.700. The van der Waals surface area contributed by atoms with Crippen molar-refractivity contribution >= 4 is 15.9 Å². The molecule has 2 N–H and O–H groups in total. The maximum absolute atomic E-state index is 14.7. The summed E-state index contributed by atoms with van der Waals surface area (Å²) < 4.78 is 17.1. The first-order valence-corrected chi connectivity index (χ1v) is 6.02. The highest BCUT2D eigenvalue weighted by atomic mass is 79.9. The molecule has 2 atom stereocenters. The number of hydrogen-bond acceptors (Lipinski definition) is 2. The Bertz CT molecular complexity index is 366. The van der Waals surface area contributed by atoms with Crippen LogP contribution in [0.2, 0.25) is 0 Å². The van der Waals surface area contributed by atoms with Gasteiger partial charge in [0.05, 0.1) is 16.4 Å². The van der Waals surface area contributed by atoms with Gasteiger partial charge in [-0.1, -0.05) is 0 Å². The molecule has 0 saturated heterocycles. The SMILES string of the molecule is CCn1ncc(Br)c1C1(F)CCC(N)C1. The van der Waals surface area contributed by atoms with Crippen molar-refractivity contribution in [2.45, 2.75) is 44.4 Å². The van der Waals surface area contributed by atoms with E-state index in [1.807, 2.05) is 6.92 Å². The highest BCUT2D eigenvalue weighted by Crippen LogP contribution is 2.44. The zero-order chi connectivity index (χ0) is 11.1. The molecule has 1 heterocycles. The fourth-order valence-corrected chi connectivity index (χ4v) is 2.95. The van der Waals surface area contributed by atoms with Crippen molar-refractivity contribution in [3.63, 3.8) is 0 Å². The highest BCUT2D eigenvalue weighted by molar-refractivity contribution is 9.10. The predicted octanol–water partition coefficient (Wildman–Crippen LogP) is 2.34. The van der Waals surface area contributed by atoms with E-state index in [1.54, 1.807) is 10.9 Å². The summed E-state index contributed by atoms with van der Waals surface area (Å²) in [6.45, 7) is 2.64. The topological polar surface area (TPSA) is 43.8 Å². The lowest BCUT2D eigenvalue weighted by molar-refractivity contribution is 0.156. The average molecular weight is 276 g/mol. The summed E-state index contributed by atoms with van der Waals surface area (Å²) in [5, 5.41) is 4.14. The van der Waals surface area contributed by atoms with Gasteiger partial charge in [-0.05, 0) is 35.7 Å². The minimum atomic E-state index is -1.30. The predicted molar refractivity (Wildman–Crippen MR) is 60.2 cm³/mol. The summed E-state index contributed by atoms with van der Waals surface area (Å²) >= 11 is 3.36. The second-order valence-electron chi connectivity index (χ2n) is 4.13. The third-order valence-electron chi connectivity index (χ3n) is 3.02. The van der Waals surface area contributed by atoms with Gasteiger partial charge in [-0.3, -0.25) is 4.68 Å². The molecule has 84 valence electrons. The first kappa shape index (κ1) is 11.1. The molecule has 1 aliphatic rings. The van der Waals surface area contributed by atoms with Crippen LogP contribution in [-0.2, 0) is 12.2 Å². The van der Waals surface area contributed by atoms with Gasteiger partial charge in [-0.15, -0.1) is 0 Å². The van der Waals surface area contributed by atoms with Crippen LogP contribution in [-0.4, -0.2) is 15.8 Å². The Hall–Kier alpha value is -0.420. The highest BCUT2D eigenvalue weighted by Gasteiger charge is 2.43. The van der Waals surface area contributed by atoms with E-state index in [2.05, 4.69) is 21.0 Å². The Morgan fingerprint density at radius 2 is 2.53 bits per heavy atom. The zero-order valence-corrected chi connectivity index (χ0v) is 10.3. The van der Waals surface area contributed by atoms with Crippen molar-refractivity contribution < 1.29 is 4.39 Å². The Morgan fingerprint density at radius 3 is 3.07 bits per heavy atom. The van der Waals surface area contributed by atoms with Crippen LogP contribution < -0.4 is 5.73 Å². The number of nitrogens with zero attached hydrogens (tertiary/aromatic N) is 2. The lowest BCUT2D eigenvalue weighted by Gasteiger charge is -2.21. The van der Waals surface area contributed by atoms with Crippen molar-refractivity contribution in [1.82, 2.24) is 9.78 Å². The first-order chi connectivity index (χ1) is 7.07. The van der Waals surface area contributed by atoms with Crippen molar-refractivity contribution in [3.05, 3.63) is 16.4 Å². The number of rotatable bonds is 2. The normalized spacial score (nSPS) is 31.1. The Labute approximate surface area is 97.0 Å².